The van der Waals surface area contributed by atoms with Crippen LogP contribution in [0.25, 0.3) is 0 Å². The first kappa shape index (κ1) is 13.9. The number of nitrogens with one attached hydrogen (secondary N) is 1. The van der Waals surface area contributed by atoms with Crippen LogP contribution in [0.1, 0.15) is 17.5 Å². The Hall–Kier alpha value is -2.08. The molecule has 0 aliphatic heterocycles. The van der Waals surface area contributed by atoms with E-state index in [-0.39, 0.29) is 16.3 Å². The van der Waals surface area contributed by atoms with Gasteiger partial charge >= 0.3 is 0 Å². The number of rotatable bonds is 3. The summed E-state index contributed by atoms with van der Waals surface area (Å²) in [5.74, 6) is -1.08. The van der Waals surface area contributed by atoms with E-state index in [0.29, 0.717) is 0 Å². The monoisotopic (exact) mass is 307 g/mol. The van der Waals surface area contributed by atoms with Crippen LogP contribution in [0.5, 0.6) is 5.75 Å². The molecule has 0 bridgehead atoms. The maximum atomic E-state index is 13.6. The molecule has 2 aromatic rings. The van der Waals surface area contributed by atoms with Gasteiger partial charge in [-0.1, -0.05) is 6.07 Å². The Morgan fingerprint density at radius 1 is 1.05 bits per heavy atom. The number of phenols is 1. The van der Waals surface area contributed by atoms with Crippen LogP contribution in [0, 0.1) is 5.82 Å². The third-order valence-electron chi connectivity index (χ3n) is 3.58. The predicted molar refractivity (Wildman–Crippen MR) is 77.3 cm³/mol. The second-order valence-corrected chi connectivity index (χ2v) is 6.74. The summed E-state index contributed by atoms with van der Waals surface area (Å²) in [6.45, 7) is 0. The van der Waals surface area contributed by atoms with Gasteiger partial charge in [0, 0.05) is 6.07 Å². The van der Waals surface area contributed by atoms with Gasteiger partial charge in [-0.3, -0.25) is 4.72 Å². The summed E-state index contributed by atoms with van der Waals surface area (Å²) in [4.78, 5) is 0.121. The second kappa shape index (κ2) is 5.04. The minimum Gasteiger partial charge on any atom is -0.508 e. The molecule has 21 heavy (non-hydrogen) atoms. The number of anilines is 1. The Balaban J connectivity index is 1.93. The molecular formula is C15H14FNO3S. The van der Waals surface area contributed by atoms with Gasteiger partial charge in [0.05, 0.1) is 10.6 Å². The lowest BCUT2D eigenvalue weighted by Crippen LogP contribution is -2.14. The van der Waals surface area contributed by atoms with Gasteiger partial charge < -0.3 is 5.11 Å². The fraction of sp³-hybridized carbons (Fsp3) is 0.200. The van der Waals surface area contributed by atoms with Crippen molar-refractivity contribution >= 4 is 15.7 Å². The molecule has 0 saturated heterocycles. The number of halogens is 1. The molecule has 0 unspecified atom stereocenters. The van der Waals surface area contributed by atoms with Crippen molar-refractivity contribution in [1.29, 1.82) is 0 Å². The standard InChI is InChI=1S/C15H14FNO3S/c16-14-9-12(18)5-7-15(14)17-21(19,20)13-6-4-10-2-1-3-11(10)8-13/h4-9,17-18H,1-3H2. The van der Waals surface area contributed by atoms with Gasteiger partial charge in [-0.15, -0.1) is 0 Å². The quantitative estimate of drug-likeness (QED) is 0.857. The summed E-state index contributed by atoms with van der Waals surface area (Å²) in [6, 6.07) is 8.26. The highest BCUT2D eigenvalue weighted by atomic mass is 32.2. The molecule has 0 heterocycles. The van der Waals surface area contributed by atoms with Crippen molar-refractivity contribution in [1.82, 2.24) is 0 Å². The number of benzene rings is 2. The first-order chi connectivity index (χ1) is 9.95. The van der Waals surface area contributed by atoms with Crippen LogP contribution < -0.4 is 4.72 Å². The summed E-state index contributed by atoms with van der Waals surface area (Å²) < 4.78 is 40.4. The highest BCUT2D eigenvalue weighted by molar-refractivity contribution is 7.92. The van der Waals surface area contributed by atoms with E-state index in [1.165, 1.54) is 23.8 Å². The van der Waals surface area contributed by atoms with Crippen LogP contribution >= 0.6 is 0 Å². The summed E-state index contributed by atoms with van der Waals surface area (Å²) >= 11 is 0. The van der Waals surface area contributed by atoms with Crippen LogP contribution in [-0.2, 0) is 22.9 Å². The fourth-order valence-electron chi connectivity index (χ4n) is 2.51. The van der Waals surface area contributed by atoms with Crippen LogP contribution in [0.15, 0.2) is 41.3 Å². The SMILES string of the molecule is O=S(=O)(Nc1ccc(O)cc1F)c1ccc2c(c1)CCC2. The van der Waals surface area contributed by atoms with Crippen molar-refractivity contribution in [2.45, 2.75) is 24.2 Å². The van der Waals surface area contributed by atoms with Crippen molar-refractivity contribution in [3.05, 3.63) is 53.3 Å². The molecule has 2 aromatic carbocycles. The maximum absolute atomic E-state index is 13.6. The Bertz CT molecular complexity index is 803. The second-order valence-electron chi connectivity index (χ2n) is 5.05. The van der Waals surface area contributed by atoms with E-state index >= 15 is 0 Å². The van der Waals surface area contributed by atoms with Gasteiger partial charge in [-0.2, -0.15) is 0 Å². The molecule has 0 saturated carbocycles. The number of phenolic OH excluding ortho intramolecular Hbond substituents is 1. The lowest BCUT2D eigenvalue weighted by molar-refractivity contribution is 0.469. The molecule has 1 aliphatic rings. The van der Waals surface area contributed by atoms with Crippen LogP contribution in [0.3, 0.4) is 0 Å². The van der Waals surface area contributed by atoms with E-state index in [4.69, 9.17) is 5.11 Å². The van der Waals surface area contributed by atoms with Gasteiger partial charge in [-0.25, -0.2) is 12.8 Å². The fourth-order valence-corrected chi connectivity index (χ4v) is 3.62. The molecule has 0 radical (unpaired) electrons. The van der Waals surface area contributed by atoms with Crippen molar-refractivity contribution in [3.8, 4) is 5.75 Å². The summed E-state index contributed by atoms with van der Waals surface area (Å²) in [5, 5.41) is 9.14. The van der Waals surface area contributed by atoms with E-state index in [1.807, 2.05) is 6.07 Å². The Morgan fingerprint density at radius 2 is 1.81 bits per heavy atom. The first-order valence-electron chi connectivity index (χ1n) is 6.59. The molecule has 2 N–H and O–H groups in total. The summed E-state index contributed by atoms with van der Waals surface area (Å²) in [5.41, 5.74) is 2.02. The highest BCUT2D eigenvalue weighted by Crippen LogP contribution is 2.27. The zero-order valence-electron chi connectivity index (χ0n) is 11.1. The van der Waals surface area contributed by atoms with Gasteiger partial charge in [0.2, 0.25) is 0 Å². The number of hydrogen-bond acceptors (Lipinski definition) is 3. The summed E-state index contributed by atoms with van der Waals surface area (Å²) in [6.07, 6.45) is 2.86. The van der Waals surface area contributed by atoms with Gasteiger partial charge in [-0.05, 0) is 54.7 Å². The molecule has 110 valence electrons. The highest BCUT2D eigenvalue weighted by Gasteiger charge is 2.19. The average Bonchev–Trinajstić information content (AvgIpc) is 2.89. The number of aryl methyl sites for hydroxylation is 2. The minimum atomic E-state index is -3.84. The molecule has 0 amide bonds. The van der Waals surface area contributed by atoms with Gasteiger partial charge in [0.15, 0.2) is 5.82 Å². The third kappa shape index (κ3) is 2.71. The van der Waals surface area contributed by atoms with Crippen molar-refractivity contribution in [3.63, 3.8) is 0 Å². The maximum Gasteiger partial charge on any atom is 0.261 e. The molecular weight excluding hydrogens is 293 g/mol. The number of hydrogen-bond donors (Lipinski definition) is 2. The smallest absolute Gasteiger partial charge is 0.261 e. The zero-order valence-corrected chi connectivity index (χ0v) is 12.0. The van der Waals surface area contributed by atoms with E-state index in [0.717, 1.165) is 30.9 Å². The topological polar surface area (TPSA) is 66.4 Å². The molecule has 0 aromatic heterocycles. The number of sulfonamides is 1. The molecule has 3 rings (SSSR count). The van der Waals surface area contributed by atoms with Gasteiger partial charge in [0.25, 0.3) is 10.0 Å². The predicted octanol–water partition coefficient (Wildman–Crippen LogP) is 2.82. The van der Waals surface area contributed by atoms with E-state index in [2.05, 4.69) is 4.72 Å². The van der Waals surface area contributed by atoms with Crippen LogP contribution in [0.4, 0.5) is 10.1 Å². The lowest BCUT2D eigenvalue weighted by Gasteiger charge is -2.10. The molecule has 0 atom stereocenters. The van der Waals surface area contributed by atoms with E-state index in [9.17, 15) is 12.8 Å². The largest absolute Gasteiger partial charge is 0.508 e. The minimum absolute atomic E-state index is 0.121. The summed E-state index contributed by atoms with van der Waals surface area (Å²) in [7, 11) is -3.84. The van der Waals surface area contributed by atoms with Gasteiger partial charge in [0.1, 0.15) is 5.75 Å². The van der Waals surface area contributed by atoms with Crippen molar-refractivity contribution in [2.24, 2.45) is 0 Å². The lowest BCUT2D eigenvalue weighted by atomic mass is 10.1. The first-order valence-corrected chi connectivity index (χ1v) is 8.07. The number of fused-ring (bicyclic) bond motifs is 1. The number of aromatic hydroxyl groups is 1. The third-order valence-corrected chi connectivity index (χ3v) is 4.94. The Labute approximate surface area is 122 Å². The van der Waals surface area contributed by atoms with E-state index < -0.39 is 15.8 Å². The van der Waals surface area contributed by atoms with E-state index in [1.54, 1.807) is 6.07 Å². The van der Waals surface area contributed by atoms with Crippen LogP contribution in [-0.4, -0.2) is 13.5 Å². The molecule has 0 spiro atoms. The molecule has 6 heteroatoms. The zero-order chi connectivity index (χ0) is 15.0. The average molecular weight is 307 g/mol. The normalized spacial score (nSPS) is 14.0. The van der Waals surface area contributed by atoms with Crippen LogP contribution in [0.2, 0.25) is 0 Å². The van der Waals surface area contributed by atoms with Crippen molar-refractivity contribution < 1.29 is 17.9 Å². The molecule has 0 fully saturated rings. The Kier molecular flexibility index (Phi) is 3.33. The Morgan fingerprint density at radius 3 is 2.57 bits per heavy atom. The molecule has 4 nitrogen and oxygen atoms in total. The van der Waals surface area contributed by atoms with Crippen molar-refractivity contribution in [2.75, 3.05) is 4.72 Å². The molecule has 1 aliphatic carbocycles.